The third kappa shape index (κ3) is 7.70. The first-order valence-corrected chi connectivity index (χ1v) is 9.12. The Bertz CT molecular complexity index is 688. The summed E-state index contributed by atoms with van der Waals surface area (Å²) < 4.78 is 43.3. The van der Waals surface area contributed by atoms with Crippen LogP contribution in [0.1, 0.15) is 48.5 Å². The van der Waals surface area contributed by atoms with E-state index in [0.29, 0.717) is 0 Å². The van der Waals surface area contributed by atoms with Gasteiger partial charge in [-0.1, -0.05) is 13.8 Å². The fourth-order valence-corrected chi connectivity index (χ4v) is 2.38. The first-order valence-electron chi connectivity index (χ1n) is 9.12. The molecule has 28 heavy (non-hydrogen) atoms. The lowest BCUT2D eigenvalue weighted by Crippen LogP contribution is -2.45. The number of rotatable bonds is 7. The first kappa shape index (κ1) is 23.7. The fourth-order valence-electron chi connectivity index (χ4n) is 2.38. The van der Waals surface area contributed by atoms with Crippen LogP contribution in [0.15, 0.2) is 18.2 Å². The van der Waals surface area contributed by atoms with Crippen LogP contribution in [0.3, 0.4) is 0 Å². The number of hydrogen-bond acceptors (Lipinski definition) is 5. The third-order valence-electron chi connectivity index (χ3n) is 3.66. The van der Waals surface area contributed by atoms with Gasteiger partial charge in [0.15, 0.2) is 11.6 Å². The lowest BCUT2D eigenvalue weighted by atomic mass is 10.0. The van der Waals surface area contributed by atoms with Gasteiger partial charge >= 0.3 is 12.1 Å². The molecular weight excluding hydrogens is 372 g/mol. The van der Waals surface area contributed by atoms with E-state index in [1.807, 2.05) is 0 Å². The number of esters is 1. The molecular formula is C20H29F2NO5. The summed E-state index contributed by atoms with van der Waals surface area (Å²) in [6.45, 7) is 11.7. The van der Waals surface area contributed by atoms with Crippen molar-refractivity contribution >= 4 is 12.1 Å². The lowest BCUT2D eigenvalue weighted by molar-refractivity contribution is -0.156. The van der Waals surface area contributed by atoms with E-state index in [1.165, 1.54) is 6.92 Å². The average Bonchev–Trinajstić information content (AvgIpc) is 2.53. The van der Waals surface area contributed by atoms with Crippen molar-refractivity contribution < 1.29 is 32.6 Å². The minimum Gasteiger partial charge on any atom is -0.483 e. The molecule has 0 aliphatic heterocycles. The van der Waals surface area contributed by atoms with Crippen molar-refractivity contribution in [2.24, 2.45) is 5.92 Å². The molecule has 1 aromatic rings. The van der Waals surface area contributed by atoms with E-state index in [4.69, 9.17) is 14.2 Å². The molecule has 0 aromatic heterocycles. The van der Waals surface area contributed by atoms with Crippen molar-refractivity contribution in [2.75, 3.05) is 0 Å². The highest BCUT2D eigenvalue weighted by Crippen LogP contribution is 2.24. The van der Waals surface area contributed by atoms with Gasteiger partial charge in [-0.2, -0.15) is 0 Å². The van der Waals surface area contributed by atoms with E-state index in [1.54, 1.807) is 41.5 Å². The minimum absolute atomic E-state index is 0.167. The van der Waals surface area contributed by atoms with Gasteiger partial charge < -0.3 is 19.5 Å². The highest BCUT2D eigenvalue weighted by molar-refractivity contribution is 5.81. The minimum atomic E-state index is -0.962. The Hall–Kier alpha value is -2.38. The van der Waals surface area contributed by atoms with E-state index in [-0.39, 0.29) is 11.7 Å². The zero-order chi connectivity index (χ0) is 21.6. The van der Waals surface area contributed by atoms with Crippen LogP contribution in [0.25, 0.3) is 0 Å². The highest BCUT2D eigenvalue weighted by Gasteiger charge is 2.30. The van der Waals surface area contributed by atoms with E-state index in [0.717, 1.165) is 18.2 Å². The Morgan fingerprint density at radius 3 is 2.21 bits per heavy atom. The Kier molecular flexibility index (Phi) is 8.20. The van der Waals surface area contributed by atoms with Crippen molar-refractivity contribution in [2.45, 2.75) is 72.3 Å². The predicted octanol–water partition coefficient (Wildman–Crippen LogP) is 4.21. The summed E-state index contributed by atoms with van der Waals surface area (Å²) in [6, 6.07) is 1.92. The molecule has 0 saturated heterocycles. The monoisotopic (exact) mass is 401 g/mol. The van der Waals surface area contributed by atoms with Crippen LogP contribution in [-0.4, -0.2) is 35.9 Å². The van der Waals surface area contributed by atoms with Crippen LogP contribution in [0.4, 0.5) is 13.6 Å². The van der Waals surface area contributed by atoms with Crippen molar-refractivity contribution in [1.82, 2.24) is 5.32 Å². The predicted molar refractivity (Wildman–Crippen MR) is 100.0 cm³/mol. The average molecular weight is 401 g/mol. The summed E-state index contributed by atoms with van der Waals surface area (Å²) in [6.07, 6.45) is -2.25. The SMILES string of the molecule is CC(C)[C@@H](Oc1cc(F)ccc1F)[C@H](C)OC(=O)[C@H](C)NC(=O)OC(C)(C)C. The van der Waals surface area contributed by atoms with Gasteiger partial charge in [0.05, 0.1) is 0 Å². The fraction of sp³-hybridized carbons (Fsp3) is 0.600. The molecule has 0 spiro atoms. The number of ether oxygens (including phenoxy) is 3. The van der Waals surface area contributed by atoms with Crippen LogP contribution in [0.2, 0.25) is 0 Å². The molecule has 0 heterocycles. The molecule has 1 rings (SSSR count). The zero-order valence-corrected chi connectivity index (χ0v) is 17.3. The molecule has 0 bridgehead atoms. The smallest absolute Gasteiger partial charge is 0.408 e. The molecule has 6 nitrogen and oxygen atoms in total. The molecule has 0 saturated carbocycles. The molecule has 158 valence electrons. The number of halogens is 2. The maximum Gasteiger partial charge on any atom is 0.408 e. The molecule has 3 atom stereocenters. The normalized spacial score (nSPS) is 14.8. The number of benzene rings is 1. The first-order chi connectivity index (χ1) is 12.8. The van der Waals surface area contributed by atoms with Gasteiger partial charge in [0.1, 0.15) is 29.7 Å². The highest BCUT2D eigenvalue weighted by atomic mass is 19.1. The van der Waals surface area contributed by atoms with Gasteiger partial charge in [-0.15, -0.1) is 0 Å². The molecule has 0 aliphatic rings. The van der Waals surface area contributed by atoms with Gasteiger partial charge in [-0.25, -0.2) is 18.4 Å². The van der Waals surface area contributed by atoms with Crippen molar-refractivity contribution in [3.63, 3.8) is 0 Å². The van der Waals surface area contributed by atoms with Gasteiger partial charge in [-0.3, -0.25) is 0 Å². The topological polar surface area (TPSA) is 73.9 Å². The maximum absolute atomic E-state index is 13.9. The van der Waals surface area contributed by atoms with Gasteiger partial charge in [0.2, 0.25) is 0 Å². The molecule has 8 heteroatoms. The largest absolute Gasteiger partial charge is 0.483 e. The summed E-state index contributed by atoms with van der Waals surface area (Å²) in [7, 11) is 0. The van der Waals surface area contributed by atoms with Gasteiger partial charge in [0, 0.05) is 6.07 Å². The molecule has 1 aromatic carbocycles. The molecule has 1 N–H and O–H groups in total. The Morgan fingerprint density at radius 1 is 1.07 bits per heavy atom. The van der Waals surface area contributed by atoms with Gasteiger partial charge in [0.25, 0.3) is 0 Å². The lowest BCUT2D eigenvalue weighted by Gasteiger charge is -2.29. The number of nitrogens with one attached hydrogen (secondary N) is 1. The number of carbonyl (C=O) groups is 2. The summed E-state index contributed by atoms with van der Waals surface area (Å²) in [4.78, 5) is 24.0. The van der Waals surface area contributed by atoms with E-state index in [2.05, 4.69) is 5.32 Å². The van der Waals surface area contributed by atoms with E-state index < -0.39 is 47.5 Å². The summed E-state index contributed by atoms with van der Waals surface area (Å²) in [5.41, 5.74) is -0.702. The van der Waals surface area contributed by atoms with Crippen LogP contribution < -0.4 is 10.1 Å². The van der Waals surface area contributed by atoms with E-state index >= 15 is 0 Å². The van der Waals surface area contributed by atoms with Crippen molar-refractivity contribution in [3.05, 3.63) is 29.8 Å². The quantitative estimate of drug-likeness (QED) is 0.693. The maximum atomic E-state index is 13.9. The molecule has 0 unspecified atom stereocenters. The number of hydrogen-bond donors (Lipinski definition) is 1. The number of alkyl carbamates (subject to hydrolysis) is 1. The van der Waals surface area contributed by atoms with Crippen LogP contribution >= 0.6 is 0 Å². The second-order valence-electron chi connectivity index (χ2n) is 7.91. The second-order valence-corrected chi connectivity index (χ2v) is 7.91. The molecule has 0 fully saturated rings. The molecule has 1 amide bonds. The van der Waals surface area contributed by atoms with Crippen LogP contribution in [-0.2, 0) is 14.3 Å². The molecule has 0 aliphatic carbocycles. The molecule has 0 radical (unpaired) electrons. The van der Waals surface area contributed by atoms with Crippen molar-refractivity contribution in [3.8, 4) is 5.75 Å². The van der Waals surface area contributed by atoms with Crippen molar-refractivity contribution in [1.29, 1.82) is 0 Å². The standard InChI is InChI=1S/C20H29F2NO5/c1-11(2)17(27-16-10-14(21)8-9-15(16)22)13(4)26-18(24)12(3)23-19(25)28-20(5,6)7/h8-13,17H,1-7H3,(H,23,25)/t12-,13-,17+/m0/s1. The summed E-state index contributed by atoms with van der Waals surface area (Å²) in [5, 5.41) is 2.39. The zero-order valence-electron chi connectivity index (χ0n) is 17.3. The summed E-state index contributed by atoms with van der Waals surface area (Å²) in [5.74, 6) is -2.49. The summed E-state index contributed by atoms with van der Waals surface area (Å²) >= 11 is 0. The number of carbonyl (C=O) groups excluding carboxylic acids is 2. The van der Waals surface area contributed by atoms with E-state index in [9.17, 15) is 18.4 Å². The Labute approximate surface area is 164 Å². The van der Waals surface area contributed by atoms with Crippen LogP contribution in [0.5, 0.6) is 5.75 Å². The van der Waals surface area contributed by atoms with Gasteiger partial charge in [-0.05, 0) is 52.7 Å². The Morgan fingerprint density at radius 2 is 1.68 bits per heavy atom. The third-order valence-corrected chi connectivity index (χ3v) is 3.66. The van der Waals surface area contributed by atoms with Crippen LogP contribution in [0, 0.1) is 17.6 Å². The Balaban J connectivity index is 2.75. The number of amides is 1. The second kappa shape index (κ2) is 9.71.